The molecule has 3 heteroatoms. The number of aromatic hydroxyl groups is 1. The van der Waals surface area contributed by atoms with Gasteiger partial charge in [-0.1, -0.05) is 24.3 Å². The maximum atomic E-state index is 11.9. The van der Waals surface area contributed by atoms with Crippen molar-refractivity contribution < 1.29 is 15.0 Å². The Balaban J connectivity index is 1.41. The number of carbonyl (C=O) groups excluding carboxylic acids is 1. The van der Waals surface area contributed by atoms with Gasteiger partial charge in [-0.3, -0.25) is 4.79 Å². The molecule has 1 aromatic rings. The van der Waals surface area contributed by atoms with Crippen LogP contribution in [0.2, 0.25) is 0 Å². The third-order valence-corrected chi connectivity index (χ3v) is 8.73. The number of hydrogen-bond acceptors (Lipinski definition) is 3. The third-order valence-electron chi connectivity index (χ3n) is 8.73. The van der Waals surface area contributed by atoms with Crippen LogP contribution in [0.5, 0.6) is 5.75 Å². The number of phenolic OH excluding ortho intramolecular Hbond substituents is 1. The predicted molar refractivity (Wildman–Crippen MR) is 112 cm³/mol. The van der Waals surface area contributed by atoms with E-state index >= 15 is 0 Å². The maximum absolute atomic E-state index is 11.9. The summed E-state index contributed by atoms with van der Waals surface area (Å²) in [6.07, 6.45) is 9.84. The largest absolute Gasteiger partial charge is 0.508 e. The smallest absolute Gasteiger partial charge is 0.155 e. The summed E-state index contributed by atoms with van der Waals surface area (Å²) in [6.45, 7) is 2.27. The molecule has 1 unspecified atom stereocenters. The lowest BCUT2D eigenvalue weighted by Gasteiger charge is -2.54. The van der Waals surface area contributed by atoms with Gasteiger partial charge in [0.1, 0.15) is 11.4 Å². The number of fused-ring (bicyclic) bond motifs is 5. The fourth-order valence-corrected chi connectivity index (χ4v) is 7.12. The fourth-order valence-electron chi connectivity index (χ4n) is 7.12. The quantitative estimate of drug-likeness (QED) is 0.636. The van der Waals surface area contributed by atoms with Crippen molar-refractivity contribution in [3.8, 4) is 17.6 Å². The number of benzene rings is 1. The first-order chi connectivity index (χ1) is 13.9. The van der Waals surface area contributed by atoms with E-state index in [1.165, 1.54) is 5.57 Å². The van der Waals surface area contributed by atoms with Crippen LogP contribution in [0.1, 0.15) is 63.9 Å². The summed E-state index contributed by atoms with van der Waals surface area (Å²) >= 11 is 0. The number of aliphatic hydroxyl groups is 1. The molecule has 3 fully saturated rings. The molecule has 0 radical (unpaired) electrons. The molecular weight excluding hydrogens is 360 g/mol. The first kappa shape index (κ1) is 18.9. The van der Waals surface area contributed by atoms with Crippen LogP contribution in [0, 0.1) is 40.9 Å². The van der Waals surface area contributed by atoms with Gasteiger partial charge < -0.3 is 10.2 Å². The number of carbonyl (C=O) groups is 1. The summed E-state index contributed by atoms with van der Waals surface area (Å²) in [4.78, 5) is 11.9. The van der Waals surface area contributed by atoms with Crippen molar-refractivity contribution in [3.63, 3.8) is 0 Å². The Labute approximate surface area is 173 Å². The Morgan fingerprint density at radius 3 is 2.59 bits per heavy atom. The molecule has 0 amide bonds. The van der Waals surface area contributed by atoms with Gasteiger partial charge >= 0.3 is 0 Å². The highest BCUT2D eigenvalue weighted by Gasteiger charge is 2.62. The van der Waals surface area contributed by atoms with Gasteiger partial charge in [0.05, 0.1) is 0 Å². The topological polar surface area (TPSA) is 57.5 Å². The zero-order chi connectivity index (χ0) is 20.2. The highest BCUT2D eigenvalue weighted by Crippen LogP contribution is 2.64. The molecule has 0 spiro atoms. The highest BCUT2D eigenvalue weighted by atomic mass is 16.3. The van der Waals surface area contributed by atoms with Gasteiger partial charge in [0, 0.05) is 17.4 Å². The monoisotopic (exact) mass is 390 g/mol. The molecule has 3 saturated carbocycles. The van der Waals surface area contributed by atoms with Crippen LogP contribution in [0.4, 0.5) is 0 Å². The summed E-state index contributed by atoms with van der Waals surface area (Å²) in [7, 11) is 0. The summed E-state index contributed by atoms with van der Waals surface area (Å²) in [5.74, 6) is 9.41. The van der Waals surface area contributed by atoms with E-state index in [1.807, 2.05) is 6.08 Å². The maximum Gasteiger partial charge on any atom is 0.155 e. The lowest BCUT2D eigenvalue weighted by atomic mass is 9.50. The van der Waals surface area contributed by atoms with E-state index in [9.17, 15) is 15.0 Å². The Morgan fingerprint density at radius 1 is 1.00 bits per heavy atom. The van der Waals surface area contributed by atoms with Crippen molar-refractivity contribution in [2.45, 2.75) is 63.9 Å². The van der Waals surface area contributed by atoms with Crippen molar-refractivity contribution in [3.05, 3.63) is 41.5 Å². The molecule has 3 nitrogen and oxygen atoms in total. The Morgan fingerprint density at radius 2 is 1.79 bits per heavy atom. The molecule has 6 atom stereocenters. The molecule has 4 aliphatic carbocycles. The average Bonchev–Trinajstić information content (AvgIpc) is 2.98. The minimum atomic E-state index is -0.945. The molecule has 2 N–H and O–H groups in total. The third kappa shape index (κ3) is 2.96. The number of phenols is 1. The first-order valence-electron chi connectivity index (χ1n) is 11.2. The zero-order valence-electron chi connectivity index (χ0n) is 17.2. The standard InChI is InChI=1S/C26H30O3/c1-25-13-11-22-21-9-7-20(28)16-18(21)4-8-23(22)24(25)12-15-26(25,29)14-10-17-2-5-19(27)6-3-17/h2-3,5-6,16,21-24,27,29H,4,7-9,11-13,15H2,1H3/t21-,22-,23+,24+,25-,26?/m0/s1. The summed E-state index contributed by atoms with van der Waals surface area (Å²) in [5.41, 5.74) is 1.13. The van der Waals surface area contributed by atoms with Crippen LogP contribution in [0.25, 0.3) is 0 Å². The van der Waals surface area contributed by atoms with Gasteiger partial charge in [-0.15, -0.1) is 0 Å². The lowest BCUT2D eigenvalue weighted by Crippen LogP contribution is -2.52. The van der Waals surface area contributed by atoms with Gasteiger partial charge in [0.15, 0.2) is 5.78 Å². The van der Waals surface area contributed by atoms with Crippen LogP contribution in [-0.4, -0.2) is 21.6 Å². The van der Waals surface area contributed by atoms with Crippen molar-refractivity contribution in [2.24, 2.45) is 29.1 Å². The van der Waals surface area contributed by atoms with Crippen molar-refractivity contribution >= 4 is 5.78 Å². The van der Waals surface area contributed by atoms with Crippen LogP contribution >= 0.6 is 0 Å². The predicted octanol–water partition coefficient (Wildman–Crippen LogP) is 4.62. The normalized spacial score (nSPS) is 40.8. The number of hydrogen-bond donors (Lipinski definition) is 2. The van der Waals surface area contributed by atoms with Gasteiger partial charge in [0.25, 0.3) is 0 Å². The van der Waals surface area contributed by atoms with Crippen LogP contribution < -0.4 is 0 Å². The van der Waals surface area contributed by atoms with Crippen molar-refractivity contribution in [2.75, 3.05) is 0 Å². The molecule has 4 aliphatic rings. The molecule has 0 aliphatic heterocycles. The zero-order valence-corrected chi connectivity index (χ0v) is 17.2. The Bertz CT molecular complexity index is 918. The molecule has 0 heterocycles. The van der Waals surface area contributed by atoms with E-state index in [2.05, 4.69) is 18.8 Å². The van der Waals surface area contributed by atoms with Gasteiger partial charge in [-0.2, -0.15) is 0 Å². The molecular formula is C26H30O3. The van der Waals surface area contributed by atoms with Crippen LogP contribution in [-0.2, 0) is 4.79 Å². The lowest BCUT2D eigenvalue weighted by molar-refractivity contribution is -0.116. The molecule has 0 saturated heterocycles. The molecule has 0 bridgehead atoms. The Kier molecular flexibility index (Phi) is 4.40. The molecule has 152 valence electrons. The van der Waals surface area contributed by atoms with E-state index in [0.717, 1.165) is 50.5 Å². The minimum Gasteiger partial charge on any atom is -0.508 e. The fraction of sp³-hybridized carbons (Fsp3) is 0.577. The van der Waals surface area contributed by atoms with Crippen molar-refractivity contribution in [1.29, 1.82) is 0 Å². The Hall–Kier alpha value is -2.05. The van der Waals surface area contributed by atoms with E-state index in [4.69, 9.17) is 0 Å². The van der Waals surface area contributed by atoms with Crippen LogP contribution in [0.3, 0.4) is 0 Å². The molecule has 5 rings (SSSR count). The summed E-state index contributed by atoms with van der Waals surface area (Å²) in [6, 6.07) is 6.88. The highest BCUT2D eigenvalue weighted by molar-refractivity contribution is 5.91. The summed E-state index contributed by atoms with van der Waals surface area (Å²) in [5, 5.41) is 21.1. The van der Waals surface area contributed by atoms with E-state index in [0.29, 0.717) is 35.9 Å². The summed E-state index contributed by atoms with van der Waals surface area (Å²) < 4.78 is 0. The number of ketones is 1. The second-order valence-corrected chi connectivity index (χ2v) is 9.96. The molecule has 29 heavy (non-hydrogen) atoms. The minimum absolute atomic E-state index is 0.163. The van der Waals surface area contributed by atoms with Gasteiger partial charge in [-0.05, 0) is 99.0 Å². The first-order valence-corrected chi connectivity index (χ1v) is 11.2. The SMILES string of the molecule is C[C@]12CC[C@@H]3[C@@H](CCC4=CC(=O)CC[C@@H]43)[C@H]1CCC2(O)C#Cc1ccc(O)cc1. The number of allylic oxidation sites excluding steroid dienone is 1. The number of rotatable bonds is 0. The van der Waals surface area contributed by atoms with E-state index < -0.39 is 5.60 Å². The van der Waals surface area contributed by atoms with Crippen LogP contribution in [0.15, 0.2) is 35.9 Å². The van der Waals surface area contributed by atoms with Gasteiger partial charge in [0.2, 0.25) is 0 Å². The van der Waals surface area contributed by atoms with E-state index in [-0.39, 0.29) is 11.2 Å². The molecule has 1 aromatic carbocycles. The van der Waals surface area contributed by atoms with Gasteiger partial charge in [-0.25, -0.2) is 0 Å². The second-order valence-electron chi connectivity index (χ2n) is 9.96. The average molecular weight is 391 g/mol. The molecule has 0 aromatic heterocycles. The van der Waals surface area contributed by atoms with Crippen molar-refractivity contribution in [1.82, 2.24) is 0 Å². The second kappa shape index (κ2) is 6.74. The van der Waals surface area contributed by atoms with E-state index in [1.54, 1.807) is 24.3 Å².